The van der Waals surface area contributed by atoms with Gasteiger partial charge in [-0.25, -0.2) is 9.18 Å². The van der Waals surface area contributed by atoms with Crippen molar-refractivity contribution < 1.29 is 13.9 Å². The van der Waals surface area contributed by atoms with E-state index in [9.17, 15) is 9.18 Å². The van der Waals surface area contributed by atoms with Gasteiger partial charge < -0.3 is 4.74 Å². The maximum Gasteiger partial charge on any atom is 0.340 e. The molecule has 0 saturated heterocycles. The number of benzene rings is 1. The Morgan fingerprint density at radius 3 is 2.94 bits per heavy atom. The molecule has 0 spiro atoms. The van der Waals surface area contributed by atoms with Crippen LogP contribution in [0.3, 0.4) is 0 Å². The Kier molecular flexibility index (Phi) is 4.51. The first-order chi connectivity index (χ1) is 8.08. The van der Waals surface area contributed by atoms with Crippen LogP contribution in [0.5, 0.6) is 0 Å². The molecule has 1 aromatic rings. The predicted molar refractivity (Wildman–Crippen MR) is 60.5 cm³/mol. The average molecular weight is 256 g/mol. The molecule has 0 aliphatic carbocycles. The molecule has 5 nitrogen and oxygen atoms in total. The van der Waals surface area contributed by atoms with E-state index in [2.05, 4.69) is 14.8 Å². The summed E-state index contributed by atoms with van der Waals surface area (Å²) in [5.41, 5.74) is 7.95. The first-order valence-electron chi connectivity index (χ1n) is 4.38. The number of rotatable bonds is 3. The zero-order valence-electron chi connectivity index (χ0n) is 8.72. The summed E-state index contributed by atoms with van der Waals surface area (Å²) in [6.45, 7) is 0. The molecule has 0 fully saturated rings. The molecule has 0 radical (unpaired) electrons. The second kappa shape index (κ2) is 5.89. The van der Waals surface area contributed by atoms with E-state index in [0.717, 1.165) is 19.3 Å². The third-order valence-electron chi connectivity index (χ3n) is 1.80. The van der Waals surface area contributed by atoms with Gasteiger partial charge in [-0.1, -0.05) is 16.7 Å². The second-order valence-corrected chi connectivity index (χ2v) is 3.31. The molecule has 0 aromatic heterocycles. The van der Waals surface area contributed by atoms with Crippen molar-refractivity contribution in [3.8, 4) is 0 Å². The summed E-state index contributed by atoms with van der Waals surface area (Å²) >= 11 is 5.68. The molecule has 0 N–H and O–H groups in total. The van der Waals surface area contributed by atoms with Crippen molar-refractivity contribution in [2.45, 2.75) is 0 Å². The van der Waals surface area contributed by atoms with Crippen molar-refractivity contribution >= 4 is 23.6 Å². The summed E-state index contributed by atoms with van der Waals surface area (Å²) < 4.78 is 17.7. The summed E-state index contributed by atoms with van der Waals surface area (Å²) in [6.07, 6.45) is 1.06. The average Bonchev–Trinajstić information content (AvgIpc) is 2.32. The van der Waals surface area contributed by atoms with Gasteiger partial charge in [0.2, 0.25) is 0 Å². The Morgan fingerprint density at radius 2 is 2.35 bits per heavy atom. The maximum absolute atomic E-state index is 13.3. The summed E-state index contributed by atoms with van der Waals surface area (Å²) in [5.74, 6) is -1.45. The number of ether oxygens (including phenoxy) is 1. The summed E-state index contributed by atoms with van der Waals surface area (Å²) in [6, 6.07) is 3.80. The molecule has 0 heterocycles. The largest absolute Gasteiger partial charge is 0.466 e. The Bertz CT molecular complexity index is 524. The van der Waals surface area contributed by atoms with E-state index in [-0.39, 0.29) is 11.3 Å². The van der Waals surface area contributed by atoms with Crippen molar-refractivity contribution in [1.82, 2.24) is 0 Å². The molecule has 0 aliphatic heterocycles. The molecular formula is C10H7ClFN3O2. The van der Waals surface area contributed by atoms with E-state index < -0.39 is 11.8 Å². The number of hydrogen-bond donors (Lipinski definition) is 0. The maximum atomic E-state index is 13.3. The third kappa shape index (κ3) is 3.48. The molecule has 0 amide bonds. The van der Waals surface area contributed by atoms with E-state index in [0.29, 0.717) is 5.02 Å². The Morgan fingerprint density at radius 1 is 1.65 bits per heavy atom. The molecule has 1 aromatic carbocycles. The van der Waals surface area contributed by atoms with Crippen LogP contribution in [0.4, 0.5) is 4.39 Å². The number of carbonyl (C=O) groups is 1. The van der Waals surface area contributed by atoms with Crippen LogP contribution in [0, 0.1) is 5.82 Å². The molecule has 0 bridgehead atoms. The highest BCUT2D eigenvalue weighted by atomic mass is 35.5. The minimum atomic E-state index is -0.859. The molecule has 7 heteroatoms. The van der Waals surface area contributed by atoms with Crippen LogP contribution >= 0.6 is 11.6 Å². The standard InChI is InChI=1S/C10H7ClFN3O2/c1-17-10(16)9(14-15-13)5-6-4-7(11)2-3-8(6)12/h2-5H,1H3/b9-5-. The van der Waals surface area contributed by atoms with Gasteiger partial charge >= 0.3 is 5.97 Å². The fourth-order valence-electron chi connectivity index (χ4n) is 1.05. The van der Waals surface area contributed by atoms with Gasteiger partial charge in [-0.05, 0) is 29.8 Å². The minimum absolute atomic E-state index is 0.0327. The summed E-state index contributed by atoms with van der Waals surface area (Å²) in [7, 11) is 1.12. The fourth-order valence-corrected chi connectivity index (χ4v) is 1.23. The number of methoxy groups -OCH3 is 1. The van der Waals surface area contributed by atoms with E-state index >= 15 is 0 Å². The molecule has 0 aliphatic rings. The second-order valence-electron chi connectivity index (χ2n) is 2.88. The van der Waals surface area contributed by atoms with Crippen molar-refractivity contribution in [2.24, 2.45) is 5.11 Å². The van der Waals surface area contributed by atoms with Crippen LogP contribution in [0.25, 0.3) is 16.5 Å². The lowest BCUT2D eigenvalue weighted by Gasteiger charge is -2.01. The highest BCUT2D eigenvalue weighted by molar-refractivity contribution is 6.30. The molecule has 88 valence electrons. The molecule has 0 atom stereocenters. The van der Waals surface area contributed by atoms with Gasteiger partial charge in [0.1, 0.15) is 11.5 Å². The number of halogens is 2. The van der Waals surface area contributed by atoms with Crippen molar-refractivity contribution in [2.75, 3.05) is 7.11 Å². The van der Waals surface area contributed by atoms with Crippen molar-refractivity contribution in [3.05, 3.63) is 50.7 Å². The number of azide groups is 1. The predicted octanol–water partition coefficient (Wildman–Crippen LogP) is 3.30. The van der Waals surface area contributed by atoms with Gasteiger partial charge in [0, 0.05) is 15.5 Å². The van der Waals surface area contributed by atoms with Gasteiger partial charge in [0.05, 0.1) is 7.11 Å². The molecule has 1 rings (SSSR count). The van der Waals surface area contributed by atoms with E-state index in [1.807, 2.05) is 0 Å². The van der Waals surface area contributed by atoms with E-state index in [1.54, 1.807) is 0 Å². The monoisotopic (exact) mass is 255 g/mol. The fraction of sp³-hybridized carbons (Fsp3) is 0.100. The topological polar surface area (TPSA) is 75.1 Å². The first-order valence-corrected chi connectivity index (χ1v) is 4.76. The van der Waals surface area contributed by atoms with Gasteiger partial charge in [0.15, 0.2) is 0 Å². The molecule has 0 unspecified atom stereocenters. The van der Waals surface area contributed by atoms with Gasteiger partial charge in [-0.2, -0.15) is 0 Å². The number of esters is 1. The third-order valence-corrected chi connectivity index (χ3v) is 2.03. The normalized spacial score (nSPS) is 10.6. The van der Waals surface area contributed by atoms with Crippen LogP contribution in [-0.4, -0.2) is 13.1 Å². The Balaban J connectivity index is 3.25. The highest BCUT2D eigenvalue weighted by Gasteiger charge is 2.09. The molecule has 0 saturated carbocycles. The van der Waals surface area contributed by atoms with E-state index in [4.69, 9.17) is 17.1 Å². The van der Waals surface area contributed by atoms with Gasteiger partial charge in [-0.3, -0.25) is 0 Å². The zero-order valence-corrected chi connectivity index (χ0v) is 9.48. The number of hydrogen-bond acceptors (Lipinski definition) is 3. The van der Waals surface area contributed by atoms with Crippen LogP contribution in [0.15, 0.2) is 29.0 Å². The lowest BCUT2D eigenvalue weighted by atomic mass is 10.2. The SMILES string of the molecule is COC(=O)/C(=C/c1cc(Cl)ccc1F)N=[N+]=[N-]. The minimum Gasteiger partial charge on any atom is -0.466 e. The quantitative estimate of drug-likeness (QED) is 0.273. The first kappa shape index (κ1) is 13.0. The Hall–Kier alpha value is -2.04. The molecule has 17 heavy (non-hydrogen) atoms. The summed E-state index contributed by atoms with van der Waals surface area (Å²) in [5, 5.41) is 3.41. The lowest BCUT2D eigenvalue weighted by molar-refractivity contribution is -0.136. The highest BCUT2D eigenvalue weighted by Crippen LogP contribution is 2.18. The Labute approximate surface area is 101 Å². The van der Waals surface area contributed by atoms with Gasteiger partial charge in [0.25, 0.3) is 0 Å². The van der Waals surface area contributed by atoms with Crippen LogP contribution in [-0.2, 0) is 9.53 Å². The van der Waals surface area contributed by atoms with E-state index in [1.165, 1.54) is 12.1 Å². The summed E-state index contributed by atoms with van der Waals surface area (Å²) in [4.78, 5) is 13.6. The van der Waals surface area contributed by atoms with Crippen LogP contribution in [0.2, 0.25) is 5.02 Å². The number of carbonyl (C=O) groups excluding carboxylic acids is 1. The van der Waals surface area contributed by atoms with Crippen molar-refractivity contribution in [1.29, 1.82) is 0 Å². The lowest BCUT2D eigenvalue weighted by Crippen LogP contribution is -2.02. The zero-order chi connectivity index (χ0) is 12.8. The van der Waals surface area contributed by atoms with Crippen molar-refractivity contribution in [3.63, 3.8) is 0 Å². The van der Waals surface area contributed by atoms with Crippen LogP contribution in [0.1, 0.15) is 5.56 Å². The van der Waals surface area contributed by atoms with Crippen LogP contribution < -0.4 is 0 Å². The van der Waals surface area contributed by atoms with Gasteiger partial charge in [-0.15, -0.1) is 0 Å². The molecular weight excluding hydrogens is 249 g/mol. The smallest absolute Gasteiger partial charge is 0.340 e. The number of nitrogens with zero attached hydrogens (tertiary/aromatic N) is 3.